The topological polar surface area (TPSA) is 51.6 Å². The largest absolute Gasteiger partial charge is 0.253 e. The molecule has 5 heteroatoms. The van der Waals surface area contributed by atoms with Crippen molar-refractivity contribution in [3.63, 3.8) is 0 Å². The lowest BCUT2D eigenvalue weighted by atomic mass is 9.81. The molecule has 1 aliphatic rings. The van der Waals surface area contributed by atoms with Crippen molar-refractivity contribution in [1.29, 1.82) is 0 Å². The second-order valence-electron chi connectivity index (χ2n) is 12.3. The van der Waals surface area contributed by atoms with Crippen LogP contribution in [0.25, 0.3) is 76.7 Å². The molecular formula is C41H28N4S. The third-order valence-electron chi connectivity index (χ3n) is 9.20. The Morgan fingerprint density at radius 3 is 1.83 bits per heavy atom. The van der Waals surface area contributed by atoms with Crippen LogP contribution in [-0.2, 0) is 5.41 Å². The smallest absolute Gasteiger partial charge is 0.182 e. The Labute approximate surface area is 271 Å². The van der Waals surface area contributed by atoms with E-state index in [4.69, 9.17) is 19.9 Å². The zero-order chi connectivity index (χ0) is 30.8. The van der Waals surface area contributed by atoms with E-state index in [0.717, 1.165) is 27.1 Å². The van der Waals surface area contributed by atoms with E-state index in [2.05, 4.69) is 123 Å². The summed E-state index contributed by atoms with van der Waals surface area (Å²) in [4.78, 5) is 20.4. The number of hydrogen-bond donors (Lipinski definition) is 0. The van der Waals surface area contributed by atoms with Crippen molar-refractivity contribution in [2.45, 2.75) is 19.3 Å². The lowest BCUT2D eigenvalue weighted by molar-refractivity contribution is 0.658. The quantitative estimate of drug-likeness (QED) is 0.199. The average molecular weight is 609 g/mol. The molecule has 5 aromatic carbocycles. The van der Waals surface area contributed by atoms with Gasteiger partial charge in [-0.25, -0.2) is 15.0 Å². The number of benzene rings is 5. The Hall–Kier alpha value is -5.52. The molecule has 0 amide bonds. The summed E-state index contributed by atoms with van der Waals surface area (Å²) in [6.45, 7) is 4.54. The molecule has 0 spiro atoms. The molecule has 0 aliphatic heterocycles. The first-order chi connectivity index (χ1) is 22.6. The minimum Gasteiger partial charge on any atom is -0.253 e. The van der Waals surface area contributed by atoms with Crippen LogP contribution in [-0.4, -0.2) is 19.9 Å². The van der Waals surface area contributed by atoms with Crippen LogP contribution in [0.15, 0.2) is 134 Å². The highest BCUT2D eigenvalue weighted by Gasteiger charge is 2.38. The van der Waals surface area contributed by atoms with Gasteiger partial charge in [-0.15, -0.1) is 11.3 Å². The molecule has 218 valence electrons. The Morgan fingerprint density at radius 1 is 0.478 bits per heavy atom. The Kier molecular flexibility index (Phi) is 5.99. The molecule has 9 rings (SSSR count). The Balaban J connectivity index is 1.30. The molecule has 0 unspecified atom stereocenters. The summed E-state index contributed by atoms with van der Waals surface area (Å²) in [6.07, 6.45) is 1.88. The maximum Gasteiger partial charge on any atom is 0.182 e. The SMILES string of the molecule is CC1(C)c2ccccc2-c2ccnc(-c3nc(-c4ccccc4)nc(-c4cccc5c4sc4c(-c6ccccc6)cccc45)n3)c21. The summed E-state index contributed by atoms with van der Waals surface area (Å²) in [5.41, 5.74) is 9.80. The maximum absolute atomic E-state index is 5.23. The lowest BCUT2D eigenvalue weighted by Crippen LogP contribution is -2.17. The number of thiophene rings is 1. The van der Waals surface area contributed by atoms with Crippen molar-refractivity contribution >= 4 is 31.5 Å². The van der Waals surface area contributed by atoms with Crippen LogP contribution >= 0.6 is 11.3 Å². The van der Waals surface area contributed by atoms with Crippen LogP contribution in [0.3, 0.4) is 0 Å². The van der Waals surface area contributed by atoms with Gasteiger partial charge in [0, 0.05) is 42.9 Å². The van der Waals surface area contributed by atoms with E-state index in [0.29, 0.717) is 17.5 Å². The van der Waals surface area contributed by atoms with Crippen molar-refractivity contribution in [2.24, 2.45) is 0 Å². The molecule has 0 saturated heterocycles. The molecule has 8 aromatic rings. The van der Waals surface area contributed by atoms with Crippen molar-refractivity contribution in [2.75, 3.05) is 0 Å². The Bertz CT molecular complexity index is 2450. The van der Waals surface area contributed by atoms with E-state index in [1.165, 1.54) is 43.3 Å². The van der Waals surface area contributed by atoms with Gasteiger partial charge in [0.25, 0.3) is 0 Å². The Morgan fingerprint density at radius 2 is 1.07 bits per heavy atom. The number of aromatic nitrogens is 4. The monoisotopic (exact) mass is 608 g/mol. The summed E-state index contributed by atoms with van der Waals surface area (Å²) >= 11 is 1.80. The van der Waals surface area contributed by atoms with Gasteiger partial charge >= 0.3 is 0 Å². The number of hydrogen-bond acceptors (Lipinski definition) is 5. The van der Waals surface area contributed by atoms with E-state index in [1.54, 1.807) is 11.3 Å². The fourth-order valence-corrected chi connectivity index (χ4v) is 8.39. The molecular weight excluding hydrogens is 581 g/mol. The molecule has 1 aliphatic carbocycles. The van der Waals surface area contributed by atoms with Crippen LogP contribution in [0.4, 0.5) is 0 Å². The van der Waals surface area contributed by atoms with Gasteiger partial charge in [0.2, 0.25) is 0 Å². The number of nitrogens with zero attached hydrogens (tertiary/aromatic N) is 4. The van der Waals surface area contributed by atoms with E-state index in [1.807, 2.05) is 24.4 Å². The van der Waals surface area contributed by atoms with E-state index >= 15 is 0 Å². The predicted molar refractivity (Wildman–Crippen MR) is 190 cm³/mol. The van der Waals surface area contributed by atoms with E-state index in [-0.39, 0.29) is 5.41 Å². The number of rotatable bonds is 4. The van der Waals surface area contributed by atoms with Gasteiger partial charge < -0.3 is 0 Å². The first kappa shape index (κ1) is 26.8. The normalized spacial score (nSPS) is 13.2. The van der Waals surface area contributed by atoms with Gasteiger partial charge in [0.15, 0.2) is 17.5 Å². The molecule has 4 nitrogen and oxygen atoms in total. The summed E-state index contributed by atoms with van der Waals surface area (Å²) in [6, 6.07) is 44.6. The van der Waals surface area contributed by atoms with Gasteiger partial charge in [-0.3, -0.25) is 4.98 Å². The third kappa shape index (κ3) is 4.05. The zero-order valence-corrected chi connectivity index (χ0v) is 26.2. The van der Waals surface area contributed by atoms with Crippen LogP contribution in [0.1, 0.15) is 25.0 Å². The standard InChI is InChI=1S/C41H28N4S/c1-41(2)33-22-10-9-17-28(33)29-23-24-42-35(34(29)41)40-44-38(26-15-7-4-8-16-26)43-39(45-40)32-21-12-20-31-30-19-11-18-27(36(30)46-37(31)32)25-13-5-3-6-14-25/h3-24H,1-2H3. The predicted octanol–water partition coefficient (Wildman–Crippen LogP) is 10.6. The summed E-state index contributed by atoms with van der Waals surface area (Å²) in [5, 5.41) is 2.44. The van der Waals surface area contributed by atoms with Gasteiger partial charge in [-0.1, -0.05) is 129 Å². The minimum atomic E-state index is -0.255. The van der Waals surface area contributed by atoms with Gasteiger partial charge in [0.05, 0.1) is 0 Å². The maximum atomic E-state index is 5.23. The summed E-state index contributed by atoms with van der Waals surface area (Å²) < 4.78 is 2.42. The third-order valence-corrected chi connectivity index (χ3v) is 10.5. The molecule has 0 bridgehead atoms. The van der Waals surface area contributed by atoms with Crippen molar-refractivity contribution < 1.29 is 0 Å². The zero-order valence-electron chi connectivity index (χ0n) is 25.4. The highest BCUT2D eigenvalue weighted by atomic mass is 32.1. The van der Waals surface area contributed by atoms with Crippen molar-refractivity contribution in [3.8, 4) is 56.5 Å². The highest BCUT2D eigenvalue weighted by molar-refractivity contribution is 7.26. The first-order valence-electron chi connectivity index (χ1n) is 15.5. The number of fused-ring (bicyclic) bond motifs is 6. The number of pyridine rings is 1. The van der Waals surface area contributed by atoms with Gasteiger partial charge in [0.1, 0.15) is 5.69 Å². The average Bonchev–Trinajstić information content (AvgIpc) is 3.61. The van der Waals surface area contributed by atoms with Crippen LogP contribution in [0, 0.1) is 0 Å². The molecule has 0 saturated carbocycles. The van der Waals surface area contributed by atoms with E-state index < -0.39 is 0 Å². The van der Waals surface area contributed by atoms with Gasteiger partial charge in [-0.2, -0.15) is 0 Å². The summed E-state index contributed by atoms with van der Waals surface area (Å²) in [7, 11) is 0. The van der Waals surface area contributed by atoms with Crippen LogP contribution in [0.5, 0.6) is 0 Å². The fourth-order valence-electron chi connectivity index (χ4n) is 7.05. The molecule has 0 atom stereocenters. The first-order valence-corrected chi connectivity index (χ1v) is 16.3. The molecule has 0 radical (unpaired) electrons. The second-order valence-corrected chi connectivity index (χ2v) is 13.3. The second kappa shape index (κ2) is 10.3. The van der Waals surface area contributed by atoms with E-state index in [9.17, 15) is 0 Å². The lowest BCUT2D eigenvalue weighted by Gasteiger charge is -2.23. The minimum absolute atomic E-state index is 0.255. The molecule has 3 aromatic heterocycles. The van der Waals surface area contributed by atoms with Crippen LogP contribution in [0.2, 0.25) is 0 Å². The van der Waals surface area contributed by atoms with Crippen LogP contribution < -0.4 is 0 Å². The molecule has 46 heavy (non-hydrogen) atoms. The van der Waals surface area contributed by atoms with Crippen molar-refractivity contribution in [3.05, 3.63) is 145 Å². The van der Waals surface area contributed by atoms with Gasteiger partial charge in [-0.05, 0) is 45.5 Å². The highest BCUT2D eigenvalue weighted by Crippen LogP contribution is 2.51. The molecule has 0 fully saturated rings. The molecule has 0 N–H and O–H groups in total. The van der Waals surface area contributed by atoms with Crippen molar-refractivity contribution in [1.82, 2.24) is 19.9 Å². The molecule has 3 heterocycles. The fraction of sp³-hybridized carbons (Fsp3) is 0.0732. The summed E-state index contributed by atoms with van der Waals surface area (Å²) in [5.74, 6) is 1.87.